The summed E-state index contributed by atoms with van der Waals surface area (Å²) in [7, 11) is 0. The number of nitrogens with two attached hydrogens (primary N) is 1. The van der Waals surface area contributed by atoms with Crippen molar-refractivity contribution in [3.63, 3.8) is 0 Å². The van der Waals surface area contributed by atoms with Gasteiger partial charge in [0.05, 0.1) is 23.5 Å². The van der Waals surface area contributed by atoms with Gasteiger partial charge in [0.2, 0.25) is 11.8 Å². The van der Waals surface area contributed by atoms with Gasteiger partial charge in [-0.15, -0.1) is 21.5 Å². The van der Waals surface area contributed by atoms with Gasteiger partial charge in [0.25, 0.3) is 5.91 Å². The second-order valence-corrected chi connectivity index (χ2v) is 11.4. The fourth-order valence-corrected chi connectivity index (χ4v) is 6.04. The molecule has 1 aliphatic rings. The van der Waals surface area contributed by atoms with Gasteiger partial charge in [0, 0.05) is 46.7 Å². The highest BCUT2D eigenvalue weighted by Crippen LogP contribution is 2.36. The summed E-state index contributed by atoms with van der Waals surface area (Å²) in [5.41, 5.74) is 9.71. The first-order chi connectivity index (χ1) is 19.8. The van der Waals surface area contributed by atoms with Crippen molar-refractivity contribution in [1.29, 1.82) is 0 Å². The van der Waals surface area contributed by atoms with Crippen LogP contribution in [0.2, 0.25) is 0 Å². The molecule has 0 unspecified atom stereocenters. The number of nitrogens with zero attached hydrogens (tertiary/aromatic N) is 6. The maximum atomic E-state index is 13.9. The summed E-state index contributed by atoms with van der Waals surface area (Å²) in [5.74, 6) is 0.0346. The minimum Gasteiger partial charge on any atom is -0.419 e. The lowest BCUT2D eigenvalue weighted by Gasteiger charge is -2.23. The Morgan fingerprint density at radius 1 is 1.17 bits per heavy atom. The largest absolute Gasteiger partial charge is 0.419 e. The van der Waals surface area contributed by atoms with E-state index in [9.17, 15) is 9.18 Å². The topological polar surface area (TPSA) is 124 Å². The molecular formula is C30H28FN7O2S. The molecule has 1 fully saturated rings. The van der Waals surface area contributed by atoms with Gasteiger partial charge in [-0.05, 0) is 69.0 Å². The predicted molar refractivity (Wildman–Crippen MR) is 152 cm³/mol. The highest BCUT2D eigenvalue weighted by Gasteiger charge is 2.33. The van der Waals surface area contributed by atoms with E-state index in [1.54, 1.807) is 55.1 Å². The van der Waals surface area contributed by atoms with Gasteiger partial charge in [0.1, 0.15) is 10.8 Å². The average Bonchev–Trinajstić information content (AvgIpc) is 3.75. The summed E-state index contributed by atoms with van der Waals surface area (Å²) in [6, 6.07) is 11.5. The van der Waals surface area contributed by atoms with E-state index in [-0.39, 0.29) is 29.5 Å². The Morgan fingerprint density at radius 2 is 1.98 bits per heavy atom. The minimum absolute atomic E-state index is 0.0655. The van der Waals surface area contributed by atoms with E-state index in [0.717, 1.165) is 29.1 Å². The Balaban J connectivity index is 1.35. The number of rotatable bonds is 7. The molecule has 0 saturated carbocycles. The number of aromatic nitrogens is 5. The van der Waals surface area contributed by atoms with Gasteiger partial charge in [-0.1, -0.05) is 12.1 Å². The Bertz CT molecular complexity index is 1680. The molecule has 9 nitrogen and oxygen atoms in total. The van der Waals surface area contributed by atoms with E-state index in [2.05, 4.69) is 25.1 Å². The molecule has 2 N–H and O–H groups in total. The van der Waals surface area contributed by atoms with Crippen LogP contribution in [0.1, 0.15) is 58.3 Å². The molecule has 0 aliphatic carbocycles. The van der Waals surface area contributed by atoms with E-state index in [1.807, 2.05) is 29.3 Å². The number of thiazole rings is 1. The molecule has 4 heterocycles. The molecule has 1 saturated heterocycles. The summed E-state index contributed by atoms with van der Waals surface area (Å²) >= 11 is 1.58. The zero-order valence-corrected chi connectivity index (χ0v) is 23.4. The lowest BCUT2D eigenvalue weighted by atomic mass is 9.94. The number of likely N-dealkylation sites (tertiary alicyclic amines) is 1. The van der Waals surface area contributed by atoms with Gasteiger partial charge in [-0.25, -0.2) is 9.37 Å². The molecular weight excluding hydrogens is 541 g/mol. The summed E-state index contributed by atoms with van der Waals surface area (Å²) in [5, 5.41) is 11.5. The summed E-state index contributed by atoms with van der Waals surface area (Å²) in [4.78, 5) is 29.1. The van der Waals surface area contributed by atoms with E-state index in [0.29, 0.717) is 35.3 Å². The van der Waals surface area contributed by atoms with Crippen LogP contribution in [0.4, 0.5) is 4.39 Å². The van der Waals surface area contributed by atoms with Crippen molar-refractivity contribution in [2.75, 3.05) is 6.54 Å². The van der Waals surface area contributed by atoms with Crippen LogP contribution in [0.15, 0.2) is 70.9 Å². The third kappa shape index (κ3) is 5.63. The number of hydrogen-bond acceptors (Lipinski definition) is 9. The maximum Gasteiger partial charge on any atom is 0.254 e. The van der Waals surface area contributed by atoms with E-state index >= 15 is 0 Å². The van der Waals surface area contributed by atoms with E-state index in [4.69, 9.17) is 10.2 Å². The van der Waals surface area contributed by atoms with Crippen molar-refractivity contribution in [3.05, 3.63) is 100.0 Å². The zero-order valence-electron chi connectivity index (χ0n) is 22.6. The second kappa shape index (κ2) is 10.9. The fourth-order valence-electron chi connectivity index (χ4n) is 5.10. The number of carbonyl (C=O) groups is 1. The van der Waals surface area contributed by atoms with Gasteiger partial charge in [-0.3, -0.25) is 14.8 Å². The Kier molecular flexibility index (Phi) is 7.14. The summed E-state index contributed by atoms with van der Waals surface area (Å²) in [6.45, 7) is 4.39. The lowest BCUT2D eigenvalue weighted by molar-refractivity contribution is 0.0735. The van der Waals surface area contributed by atoms with Crippen molar-refractivity contribution in [2.24, 2.45) is 5.73 Å². The van der Waals surface area contributed by atoms with Crippen LogP contribution in [0.25, 0.3) is 22.7 Å². The molecule has 5 aromatic rings. The number of hydrogen-bond donors (Lipinski definition) is 1. The van der Waals surface area contributed by atoms with Crippen molar-refractivity contribution < 1.29 is 13.6 Å². The van der Waals surface area contributed by atoms with Gasteiger partial charge in [-0.2, -0.15) is 0 Å². The smallest absolute Gasteiger partial charge is 0.254 e. The van der Waals surface area contributed by atoms with Crippen LogP contribution >= 0.6 is 11.3 Å². The molecule has 41 heavy (non-hydrogen) atoms. The fraction of sp³-hybridized carbons (Fsp3) is 0.267. The van der Waals surface area contributed by atoms with Crippen LogP contribution in [-0.2, 0) is 12.0 Å². The molecule has 3 aromatic heterocycles. The monoisotopic (exact) mass is 569 g/mol. The number of halogens is 1. The minimum atomic E-state index is -1.00. The molecule has 208 valence electrons. The third-order valence-electron chi connectivity index (χ3n) is 7.12. The number of amides is 1. The number of aryl methyl sites for hydroxylation is 1. The van der Waals surface area contributed by atoms with Crippen molar-refractivity contribution in [2.45, 2.75) is 44.7 Å². The van der Waals surface area contributed by atoms with E-state index < -0.39 is 5.54 Å². The molecule has 0 radical (unpaired) electrons. The molecule has 0 spiro atoms. The number of carbonyl (C=O) groups excluding carboxylic acids is 1. The zero-order chi connectivity index (χ0) is 28.6. The molecule has 6 rings (SSSR count). The highest BCUT2D eigenvalue weighted by atomic mass is 32.1. The first-order valence-corrected chi connectivity index (χ1v) is 14.2. The van der Waals surface area contributed by atoms with Gasteiger partial charge >= 0.3 is 0 Å². The molecule has 2 atom stereocenters. The summed E-state index contributed by atoms with van der Waals surface area (Å²) in [6.07, 6.45) is 6.98. The van der Waals surface area contributed by atoms with Crippen LogP contribution in [-0.4, -0.2) is 42.5 Å². The van der Waals surface area contributed by atoms with Crippen LogP contribution in [0.3, 0.4) is 0 Å². The normalized spacial score (nSPS) is 16.6. The highest BCUT2D eigenvalue weighted by molar-refractivity contribution is 7.09. The molecule has 0 bridgehead atoms. The summed E-state index contributed by atoms with van der Waals surface area (Å²) < 4.78 is 19.5. The quantitative estimate of drug-likeness (QED) is 0.273. The molecule has 1 amide bonds. The van der Waals surface area contributed by atoms with Crippen molar-refractivity contribution >= 4 is 17.2 Å². The molecule has 1 aliphatic heterocycles. The van der Waals surface area contributed by atoms with Crippen molar-refractivity contribution in [1.82, 2.24) is 30.0 Å². The SMILES string of the molecule is Cc1csc([C@H]2CCCN2C(=O)c2cc(-c3cnccn3)cc(-c3nnc([C@](C)(N)Cc4ccc(F)cc4)o3)c2)n1. The second-order valence-electron chi connectivity index (χ2n) is 10.5. The molecule has 11 heteroatoms. The Morgan fingerprint density at radius 3 is 2.71 bits per heavy atom. The van der Waals surface area contributed by atoms with Crippen LogP contribution in [0.5, 0.6) is 0 Å². The van der Waals surface area contributed by atoms with Crippen molar-refractivity contribution in [3.8, 4) is 22.7 Å². The van der Waals surface area contributed by atoms with Gasteiger partial charge in [0.15, 0.2) is 0 Å². The third-order valence-corrected chi connectivity index (χ3v) is 8.18. The predicted octanol–water partition coefficient (Wildman–Crippen LogP) is 5.49. The Hall–Kier alpha value is -4.35. The average molecular weight is 570 g/mol. The Labute approximate surface area is 240 Å². The molecule has 2 aromatic carbocycles. The van der Waals surface area contributed by atoms with Gasteiger partial charge < -0.3 is 15.1 Å². The lowest BCUT2D eigenvalue weighted by Crippen LogP contribution is -2.35. The first-order valence-electron chi connectivity index (χ1n) is 13.3. The standard InChI is InChI=1S/C30H28FN7O2S/c1-18-17-41-27(35-18)25-4-3-11-38(25)28(39)22-13-20(24-16-33-9-10-34-24)12-21(14-22)26-36-37-29(40-26)30(2,32)15-19-5-7-23(31)8-6-19/h5-10,12-14,16-17,25H,3-4,11,15,32H2,1-2H3/t25-,30-/m1/s1. The first kappa shape index (κ1) is 26.9. The van der Waals surface area contributed by atoms with E-state index in [1.165, 1.54) is 12.1 Å². The van der Waals surface area contributed by atoms with Crippen LogP contribution in [0, 0.1) is 12.7 Å². The van der Waals surface area contributed by atoms with Crippen LogP contribution < -0.4 is 5.73 Å². The maximum absolute atomic E-state index is 13.9. The number of benzene rings is 2.